The van der Waals surface area contributed by atoms with Gasteiger partial charge in [-0.25, -0.2) is 0 Å². The smallest absolute Gasteiger partial charge is 0.325 e. The third kappa shape index (κ3) is 21.8. The first-order chi connectivity index (χ1) is 33.7. The summed E-state index contributed by atoms with van der Waals surface area (Å²) in [5, 5.41) is 58.1. The standard InChI is InChI=1S/C46H72N10O15S.Na/c1-22(2)18-30(52-39(63)29(15-17-72-8)50-43(67)34-10-9-16-56(34)45(69)33(21-57)54-37(61)24(5)47)42(66)55-36(23(3)4)44(68)48-25(6)38(62)51-31(19-27-11-13-28(58)14-12-27)41(65)53-32(20-35(59)60)40(64)49-26(7)46(70)71;/h11-14,22-26,29-34,36,57-58H,9-10,15-21,47H2,1-8H3,(H,48,68)(H,49,64)(H,50,67)(H,51,62)(H,52,63)(H,53,65)(H,54,61)(H,55,66)(H,59,60)(H,70,71);/t24-,25+,26-,29+,30+,31+,32+,33+,34+,36+;/m1./s1. The fourth-order valence-electron chi connectivity index (χ4n) is 7.30. The van der Waals surface area contributed by atoms with Gasteiger partial charge in [-0.3, -0.25) is 52.7 Å². The van der Waals surface area contributed by atoms with Gasteiger partial charge in [-0.05, 0) is 88.0 Å². The molecular formula is C46H72N10NaO15S. The van der Waals surface area contributed by atoms with E-state index in [-0.39, 0.29) is 73.5 Å². The Bertz CT molecular complexity index is 2100. The summed E-state index contributed by atoms with van der Waals surface area (Å²) in [6.07, 6.45) is 1.44. The molecule has 0 spiro atoms. The summed E-state index contributed by atoms with van der Waals surface area (Å²) < 4.78 is 0. The minimum absolute atomic E-state index is 0. The second kappa shape index (κ2) is 31.9. The molecule has 1 radical (unpaired) electrons. The second-order valence-corrected chi connectivity index (χ2v) is 19.4. The van der Waals surface area contributed by atoms with Crippen LogP contribution in [0.3, 0.4) is 0 Å². The molecule has 10 atom stereocenters. The van der Waals surface area contributed by atoms with Crippen LogP contribution < -0.4 is 48.3 Å². The molecule has 1 fully saturated rings. The van der Waals surface area contributed by atoms with Gasteiger partial charge in [0.25, 0.3) is 0 Å². The third-order valence-corrected chi connectivity index (χ3v) is 12.0. The van der Waals surface area contributed by atoms with Crippen molar-refractivity contribution in [2.75, 3.05) is 25.2 Å². The number of carbonyl (C=O) groups is 11. The van der Waals surface area contributed by atoms with E-state index in [2.05, 4.69) is 42.5 Å². The number of aromatic hydroxyl groups is 1. The average Bonchev–Trinajstić information content (AvgIpc) is 3.80. The number of nitrogens with two attached hydrogens (primary N) is 1. The number of phenolic OH excluding ortho intramolecular Hbond substituents is 1. The van der Waals surface area contributed by atoms with Crippen molar-refractivity contribution < 1.29 is 73.2 Å². The van der Waals surface area contributed by atoms with Crippen LogP contribution in [-0.4, -0.2) is 206 Å². The van der Waals surface area contributed by atoms with Crippen LogP contribution >= 0.6 is 11.8 Å². The SMILES string of the molecule is CSCC[C@H](NC(=O)[C@@H]1CCCN1C(=O)[C@H](CO)NC(=O)[C@@H](C)N)C(=O)N[C@@H](CC(C)C)C(=O)N[C@H](C(=O)N[C@@H](C)C(=O)N[C@@H](Cc1ccc(O)cc1)C(=O)N[C@@H](CC(=O)O)C(=O)N[C@H](C)C(=O)O)C(C)C.[Na]. The minimum Gasteiger partial charge on any atom is -0.508 e. The minimum atomic E-state index is -1.78. The third-order valence-electron chi connectivity index (χ3n) is 11.4. The molecule has 73 heavy (non-hydrogen) atoms. The van der Waals surface area contributed by atoms with Crippen LogP contribution in [0.15, 0.2) is 24.3 Å². The fourth-order valence-corrected chi connectivity index (χ4v) is 7.77. The monoisotopic (exact) mass is 1060 g/mol. The molecule has 0 aromatic heterocycles. The zero-order valence-corrected chi connectivity index (χ0v) is 45.6. The van der Waals surface area contributed by atoms with Gasteiger partial charge in [0, 0.05) is 42.5 Å². The number of nitrogens with zero attached hydrogens (tertiary/aromatic N) is 1. The summed E-state index contributed by atoms with van der Waals surface area (Å²) in [5.74, 6) is -10.9. The molecule has 0 aliphatic carbocycles. The number of likely N-dealkylation sites (tertiary alicyclic amines) is 1. The first kappa shape index (κ1) is 65.5. The van der Waals surface area contributed by atoms with E-state index in [4.69, 9.17) is 5.73 Å². The largest absolute Gasteiger partial charge is 0.508 e. The summed E-state index contributed by atoms with van der Waals surface area (Å²) in [7, 11) is 0. The molecule has 1 aromatic carbocycles. The van der Waals surface area contributed by atoms with Gasteiger partial charge in [-0.1, -0.05) is 39.8 Å². The van der Waals surface area contributed by atoms with Crippen molar-refractivity contribution in [3.63, 3.8) is 0 Å². The Labute approximate surface area is 450 Å². The number of aliphatic hydroxyl groups is 1. The Hall–Kier alpha value is -5.54. The predicted octanol–water partition coefficient (Wildman–Crippen LogP) is -3.18. The fraction of sp³-hybridized carbons (Fsp3) is 0.630. The van der Waals surface area contributed by atoms with E-state index in [1.165, 1.54) is 54.8 Å². The van der Waals surface area contributed by atoms with Crippen molar-refractivity contribution in [1.82, 2.24) is 47.4 Å². The van der Waals surface area contributed by atoms with Gasteiger partial charge in [0.15, 0.2) is 0 Å². The number of aliphatic carboxylic acids is 2. The number of phenols is 1. The van der Waals surface area contributed by atoms with Gasteiger partial charge in [0.1, 0.15) is 60.1 Å². The van der Waals surface area contributed by atoms with E-state index < -0.39 is 144 Å². The zero-order valence-electron chi connectivity index (χ0n) is 42.8. The number of hydrogen-bond acceptors (Lipinski definition) is 15. The van der Waals surface area contributed by atoms with Crippen molar-refractivity contribution in [2.24, 2.45) is 17.6 Å². The van der Waals surface area contributed by atoms with Gasteiger partial charge in [0.2, 0.25) is 53.2 Å². The second-order valence-electron chi connectivity index (χ2n) is 18.4. The Kier molecular flexibility index (Phi) is 28.6. The van der Waals surface area contributed by atoms with Gasteiger partial charge in [-0.15, -0.1) is 0 Å². The van der Waals surface area contributed by atoms with Crippen LogP contribution in [0, 0.1) is 11.8 Å². The molecule has 0 unspecified atom stereocenters. The molecule has 14 N–H and O–H groups in total. The molecule has 25 nitrogen and oxygen atoms in total. The van der Waals surface area contributed by atoms with E-state index in [0.717, 1.165) is 6.92 Å². The first-order valence-electron chi connectivity index (χ1n) is 23.5. The van der Waals surface area contributed by atoms with Crippen molar-refractivity contribution in [2.45, 2.75) is 147 Å². The Morgan fingerprint density at radius 1 is 0.671 bits per heavy atom. The van der Waals surface area contributed by atoms with Gasteiger partial charge < -0.3 is 73.6 Å². The van der Waals surface area contributed by atoms with Gasteiger partial charge in [0.05, 0.1) is 19.1 Å². The zero-order chi connectivity index (χ0) is 54.6. The van der Waals surface area contributed by atoms with Gasteiger partial charge >= 0.3 is 11.9 Å². The number of thioether (sulfide) groups is 1. The van der Waals surface area contributed by atoms with Crippen molar-refractivity contribution in [3.05, 3.63) is 29.8 Å². The first-order valence-corrected chi connectivity index (χ1v) is 24.9. The maximum Gasteiger partial charge on any atom is 0.325 e. The quantitative estimate of drug-likeness (QED) is 0.0352. The Balaban J connectivity index is 0.0000266. The molecule has 1 saturated heterocycles. The van der Waals surface area contributed by atoms with Crippen LogP contribution in [-0.2, 0) is 59.2 Å². The molecule has 0 bridgehead atoms. The van der Waals surface area contributed by atoms with E-state index in [1.807, 2.05) is 0 Å². The summed E-state index contributed by atoms with van der Waals surface area (Å²) in [6, 6.07) is -7.72. The van der Waals surface area contributed by atoms with E-state index in [9.17, 15) is 73.2 Å². The number of rotatable bonds is 29. The van der Waals surface area contributed by atoms with E-state index in [1.54, 1.807) is 34.0 Å². The summed E-state index contributed by atoms with van der Waals surface area (Å²) in [4.78, 5) is 146. The average molecular weight is 1060 g/mol. The number of hydrogen-bond donors (Lipinski definition) is 13. The molecule has 2 rings (SSSR count). The molecule has 27 heteroatoms. The number of carboxylic acid groups (broad SMARTS) is 2. The summed E-state index contributed by atoms with van der Waals surface area (Å²) in [6.45, 7) is 10.0. The van der Waals surface area contributed by atoms with E-state index >= 15 is 0 Å². The van der Waals surface area contributed by atoms with Crippen molar-refractivity contribution in [1.29, 1.82) is 0 Å². The Morgan fingerprint density at radius 2 is 1.21 bits per heavy atom. The number of aliphatic hydroxyl groups excluding tert-OH is 1. The molecule has 1 aromatic rings. The molecular weight excluding hydrogens is 988 g/mol. The molecule has 403 valence electrons. The van der Waals surface area contributed by atoms with E-state index in [0.29, 0.717) is 17.7 Å². The molecule has 0 saturated carbocycles. The van der Waals surface area contributed by atoms with Crippen LogP contribution in [0.4, 0.5) is 0 Å². The van der Waals surface area contributed by atoms with Crippen LogP contribution in [0.5, 0.6) is 5.75 Å². The van der Waals surface area contributed by atoms with Crippen molar-refractivity contribution in [3.8, 4) is 5.75 Å². The molecule has 9 amide bonds. The van der Waals surface area contributed by atoms with Crippen molar-refractivity contribution >= 4 is 106 Å². The van der Waals surface area contributed by atoms with Crippen LogP contribution in [0.2, 0.25) is 0 Å². The van der Waals surface area contributed by atoms with Crippen LogP contribution in [0.25, 0.3) is 0 Å². The van der Waals surface area contributed by atoms with Gasteiger partial charge in [-0.2, -0.15) is 11.8 Å². The summed E-state index contributed by atoms with van der Waals surface area (Å²) in [5.41, 5.74) is 6.01. The number of carboxylic acids is 2. The molecule has 1 aliphatic heterocycles. The Morgan fingerprint density at radius 3 is 1.74 bits per heavy atom. The maximum atomic E-state index is 14.0. The number of benzene rings is 1. The summed E-state index contributed by atoms with van der Waals surface area (Å²) >= 11 is 1.39. The topological polar surface area (TPSA) is 394 Å². The predicted molar refractivity (Wildman–Crippen MR) is 267 cm³/mol. The number of carbonyl (C=O) groups excluding carboxylic acids is 9. The molecule has 1 heterocycles. The van der Waals surface area contributed by atoms with Crippen LogP contribution in [0.1, 0.15) is 86.1 Å². The number of nitrogens with one attached hydrogen (secondary N) is 8. The molecule has 1 aliphatic rings. The maximum absolute atomic E-state index is 14.0. The normalized spacial score (nSPS) is 16.8. The number of amides is 9.